The molecule has 0 amide bonds. The molecule has 0 fully saturated rings. The number of hydrogen-bond acceptors (Lipinski definition) is 4. The normalized spacial score (nSPS) is 17.0. The Balaban J connectivity index is 1.85. The van der Waals surface area contributed by atoms with Crippen molar-refractivity contribution in [3.63, 3.8) is 0 Å². The molecule has 21 heavy (non-hydrogen) atoms. The lowest BCUT2D eigenvalue weighted by Gasteiger charge is -2.18. The van der Waals surface area contributed by atoms with E-state index in [1.165, 1.54) is 0 Å². The lowest BCUT2D eigenvalue weighted by Crippen LogP contribution is -2.24. The van der Waals surface area contributed by atoms with Gasteiger partial charge in [0.1, 0.15) is 5.60 Å². The van der Waals surface area contributed by atoms with E-state index in [4.69, 9.17) is 9.47 Å². The molecule has 1 aliphatic rings. The van der Waals surface area contributed by atoms with Gasteiger partial charge in [0, 0.05) is 24.2 Å². The fourth-order valence-corrected chi connectivity index (χ4v) is 2.48. The molecule has 110 valence electrons. The van der Waals surface area contributed by atoms with Crippen LogP contribution in [0.25, 0.3) is 0 Å². The Bertz CT molecular complexity index is 648. The summed E-state index contributed by atoms with van der Waals surface area (Å²) in [6.45, 7) is 5.83. The van der Waals surface area contributed by atoms with Crippen molar-refractivity contribution in [2.24, 2.45) is 0 Å². The van der Waals surface area contributed by atoms with Gasteiger partial charge in [-0.05, 0) is 38.5 Å². The largest absolute Gasteiger partial charge is 0.483 e. The molecule has 1 atom stereocenters. The summed E-state index contributed by atoms with van der Waals surface area (Å²) in [5, 5.41) is 9.49. The van der Waals surface area contributed by atoms with Gasteiger partial charge in [0.2, 0.25) is 5.88 Å². The molecule has 4 nitrogen and oxygen atoms in total. The molecule has 0 aliphatic carbocycles. The van der Waals surface area contributed by atoms with Gasteiger partial charge in [-0.15, -0.1) is 0 Å². The highest BCUT2D eigenvalue weighted by Crippen LogP contribution is 2.43. The van der Waals surface area contributed by atoms with Crippen LogP contribution in [0.4, 0.5) is 0 Å². The smallest absolute Gasteiger partial charge is 0.219 e. The highest BCUT2D eigenvalue weighted by molar-refractivity contribution is 5.51. The van der Waals surface area contributed by atoms with E-state index < -0.39 is 6.10 Å². The molecule has 1 aromatic heterocycles. The first kappa shape index (κ1) is 13.9. The Morgan fingerprint density at radius 2 is 2.10 bits per heavy atom. The first-order valence-corrected chi connectivity index (χ1v) is 7.07. The second-order valence-electron chi connectivity index (χ2n) is 5.99. The lowest BCUT2D eigenvalue weighted by atomic mass is 10.0. The van der Waals surface area contributed by atoms with E-state index in [0.717, 1.165) is 23.3 Å². The Morgan fingerprint density at radius 3 is 2.76 bits per heavy atom. The predicted octanol–water partition coefficient (Wildman–Crippen LogP) is 3.64. The lowest BCUT2D eigenvalue weighted by molar-refractivity contribution is 0.135. The van der Waals surface area contributed by atoms with Gasteiger partial charge in [-0.3, -0.25) is 0 Å². The van der Waals surface area contributed by atoms with Gasteiger partial charge in [-0.2, -0.15) is 0 Å². The standard InChI is InChI=1S/C17H19NO3/c1-11(19)13-7-8-15(18-10-13)20-14-6-4-5-12-9-17(2,3)21-16(12)14/h4-8,10-11,19H,9H2,1-3H3/t11-/m1/s1. The molecule has 2 heterocycles. The van der Waals surface area contributed by atoms with Gasteiger partial charge in [-0.1, -0.05) is 12.1 Å². The van der Waals surface area contributed by atoms with E-state index in [9.17, 15) is 5.11 Å². The van der Waals surface area contributed by atoms with Crippen LogP contribution in [0, 0.1) is 0 Å². The molecule has 0 radical (unpaired) electrons. The van der Waals surface area contributed by atoms with Crippen LogP contribution >= 0.6 is 0 Å². The van der Waals surface area contributed by atoms with Gasteiger partial charge in [0.05, 0.1) is 6.10 Å². The first-order chi connectivity index (χ1) is 9.94. The third kappa shape index (κ3) is 2.85. The molecule has 0 spiro atoms. The third-order valence-electron chi connectivity index (χ3n) is 3.51. The average molecular weight is 285 g/mol. The van der Waals surface area contributed by atoms with Crippen LogP contribution < -0.4 is 9.47 Å². The van der Waals surface area contributed by atoms with Crippen LogP contribution in [0.3, 0.4) is 0 Å². The number of aromatic nitrogens is 1. The van der Waals surface area contributed by atoms with Crippen molar-refractivity contribution < 1.29 is 14.6 Å². The van der Waals surface area contributed by atoms with Crippen LogP contribution in [0.15, 0.2) is 36.5 Å². The number of rotatable bonds is 3. The second-order valence-corrected chi connectivity index (χ2v) is 5.99. The maximum atomic E-state index is 9.49. The average Bonchev–Trinajstić information content (AvgIpc) is 2.74. The van der Waals surface area contributed by atoms with Crippen molar-refractivity contribution in [1.82, 2.24) is 4.98 Å². The number of para-hydroxylation sites is 1. The molecular weight excluding hydrogens is 266 g/mol. The zero-order valence-corrected chi connectivity index (χ0v) is 12.5. The quantitative estimate of drug-likeness (QED) is 0.935. The van der Waals surface area contributed by atoms with Crippen LogP contribution in [0.1, 0.15) is 38.0 Å². The second kappa shape index (κ2) is 5.04. The zero-order chi connectivity index (χ0) is 15.0. The Labute approximate surface area is 124 Å². The molecule has 1 aliphatic heterocycles. The molecule has 1 N–H and O–H groups in total. The van der Waals surface area contributed by atoms with Crippen molar-refractivity contribution in [3.8, 4) is 17.4 Å². The molecule has 0 saturated carbocycles. The molecule has 1 aromatic carbocycles. The summed E-state index contributed by atoms with van der Waals surface area (Å²) in [6, 6.07) is 9.46. The van der Waals surface area contributed by atoms with E-state index in [1.807, 2.05) is 12.1 Å². The summed E-state index contributed by atoms with van der Waals surface area (Å²) < 4.78 is 11.8. The van der Waals surface area contributed by atoms with Crippen LogP contribution in [-0.4, -0.2) is 15.7 Å². The van der Waals surface area contributed by atoms with Crippen LogP contribution in [0.2, 0.25) is 0 Å². The summed E-state index contributed by atoms with van der Waals surface area (Å²) in [7, 11) is 0. The highest BCUT2D eigenvalue weighted by atomic mass is 16.5. The summed E-state index contributed by atoms with van der Waals surface area (Å²) in [6.07, 6.45) is 1.96. The maximum absolute atomic E-state index is 9.49. The zero-order valence-electron chi connectivity index (χ0n) is 12.5. The third-order valence-corrected chi connectivity index (χ3v) is 3.51. The van der Waals surface area contributed by atoms with Crippen LogP contribution in [-0.2, 0) is 6.42 Å². The van der Waals surface area contributed by atoms with Crippen molar-refractivity contribution >= 4 is 0 Å². The van der Waals surface area contributed by atoms with Gasteiger partial charge >= 0.3 is 0 Å². The SMILES string of the molecule is C[C@@H](O)c1ccc(Oc2cccc3c2OC(C)(C)C3)nc1. The summed E-state index contributed by atoms with van der Waals surface area (Å²) >= 11 is 0. The predicted molar refractivity (Wildman–Crippen MR) is 79.8 cm³/mol. The van der Waals surface area contributed by atoms with Gasteiger partial charge < -0.3 is 14.6 Å². The monoisotopic (exact) mass is 285 g/mol. The number of aliphatic hydroxyl groups is 1. The van der Waals surface area contributed by atoms with E-state index >= 15 is 0 Å². The van der Waals surface area contributed by atoms with Crippen LogP contribution in [0.5, 0.6) is 17.4 Å². The summed E-state index contributed by atoms with van der Waals surface area (Å²) in [5.74, 6) is 1.96. The molecule has 0 saturated heterocycles. The Morgan fingerprint density at radius 1 is 1.29 bits per heavy atom. The van der Waals surface area contributed by atoms with Crippen molar-refractivity contribution in [2.75, 3.05) is 0 Å². The van der Waals surface area contributed by atoms with Crippen molar-refractivity contribution in [1.29, 1.82) is 0 Å². The van der Waals surface area contributed by atoms with E-state index in [-0.39, 0.29) is 5.60 Å². The molecular formula is C17H19NO3. The Hall–Kier alpha value is -2.07. The number of fused-ring (bicyclic) bond motifs is 1. The van der Waals surface area contributed by atoms with Gasteiger partial charge in [0.15, 0.2) is 11.5 Å². The molecule has 3 rings (SSSR count). The minimum atomic E-state index is -0.531. The number of nitrogens with zero attached hydrogens (tertiary/aromatic N) is 1. The summed E-state index contributed by atoms with van der Waals surface area (Å²) in [4.78, 5) is 4.22. The Kier molecular flexibility index (Phi) is 3.33. The van der Waals surface area contributed by atoms with Gasteiger partial charge in [0.25, 0.3) is 0 Å². The first-order valence-electron chi connectivity index (χ1n) is 7.07. The fraction of sp³-hybridized carbons (Fsp3) is 0.353. The molecule has 4 heteroatoms. The van der Waals surface area contributed by atoms with Crippen molar-refractivity contribution in [2.45, 2.75) is 38.9 Å². The number of aliphatic hydroxyl groups excluding tert-OH is 1. The fourth-order valence-electron chi connectivity index (χ4n) is 2.48. The molecule has 2 aromatic rings. The van der Waals surface area contributed by atoms with E-state index in [1.54, 1.807) is 25.3 Å². The van der Waals surface area contributed by atoms with Gasteiger partial charge in [-0.25, -0.2) is 4.98 Å². The number of ether oxygens (including phenoxy) is 2. The number of pyridine rings is 1. The number of hydrogen-bond donors (Lipinski definition) is 1. The molecule has 0 unspecified atom stereocenters. The maximum Gasteiger partial charge on any atom is 0.219 e. The minimum Gasteiger partial charge on any atom is -0.483 e. The molecule has 0 bridgehead atoms. The minimum absolute atomic E-state index is 0.203. The number of benzene rings is 1. The highest BCUT2D eigenvalue weighted by Gasteiger charge is 2.32. The van der Waals surface area contributed by atoms with Crippen molar-refractivity contribution in [3.05, 3.63) is 47.7 Å². The topological polar surface area (TPSA) is 51.6 Å². The summed E-state index contributed by atoms with van der Waals surface area (Å²) in [5.41, 5.74) is 1.71. The van der Waals surface area contributed by atoms with E-state index in [2.05, 4.69) is 24.9 Å². The van der Waals surface area contributed by atoms with E-state index in [0.29, 0.717) is 11.6 Å².